The summed E-state index contributed by atoms with van der Waals surface area (Å²) in [5, 5.41) is 2.99. The van der Waals surface area contributed by atoms with Crippen LogP contribution in [0.25, 0.3) is 0 Å². The molecule has 2 amide bonds. The summed E-state index contributed by atoms with van der Waals surface area (Å²) in [4.78, 5) is 28.5. The fraction of sp³-hybridized carbons (Fsp3) is 0.600. The van der Waals surface area contributed by atoms with Crippen molar-refractivity contribution in [3.63, 3.8) is 0 Å². The van der Waals surface area contributed by atoms with Gasteiger partial charge in [-0.25, -0.2) is 0 Å². The molecule has 148 valence electrons. The molecule has 7 heteroatoms. The Balaban J connectivity index is 1.39. The first kappa shape index (κ1) is 19.5. The number of piperazine rings is 1. The summed E-state index contributed by atoms with van der Waals surface area (Å²) in [6.07, 6.45) is 2.10. The highest BCUT2D eigenvalue weighted by molar-refractivity contribution is 5.78. The second-order valence-corrected chi connectivity index (χ2v) is 7.22. The van der Waals surface area contributed by atoms with Crippen LogP contribution in [-0.2, 0) is 16.0 Å². The molecule has 3 rings (SSSR count). The molecule has 1 saturated heterocycles. The van der Waals surface area contributed by atoms with Crippen molar-refractivity contribution in [2.45, 2.75) is 39.2 Å². The first-order chi connectivity index (χ1) is 13.0. The average Bonchev–Trinajstić information content (AvgIpc) is 3.14. The molecule has 1 N–H and O–H groups in total. The molecule has 0 bridgehead atoms. The molecule has 0 saturated carbocycles. The van der Waals surface area contributed by atoms with E-state index in [0.29, 0.717) is 32.5 Å². The van der Waals surface area contributed by atoms with Crippen molar-refractivity contribution in [3.8, 4) is 11.5 Å². The third kappa shape index (κ3) is 5.35. The number of carbonyl (C=O) groups excluding carboxylic acids is 2. The number of nitrogens with one attached hydrogen (secondary N) is 1. The highest BCUT2D eigenvalue weighted by Crippen LogP contribution is 2.32. The molecule has 2 aliphatic heterocycles. The molecule has 2 heterocycles. The number of ether oxygens (including phenoxy) is 2. The van der Waals surface area contributed by atoms with Crippen molar-refractivity contribution < 1.29 is 19.1 Å². The van der Waals surface area contributed by atoms with E-state index in [4.69, 9.17) is 9.47 Å². The van der Waals surface area contributed by atoms with E-state index in [2.05, 4.69) is 17.1 Å². The van der Waals surface area contributed by atoms with Crippen LogP contribution in [-0.4, -0.2) is 67.2 Å². The molecule has 7 nitrogen and oxygen atoms in total. The first-order valence-corrected chi connectivity index (χ1v) is 9.73. The number of nitrogens with zero attached hydrogens (tertiary/aromatic N) is 2. The molecular weight excluding hydrogens is 346 g/mol. The van der Waals surface area contributed by atoms with Gasteiger partial charge in [-0.15, -0.1) is 0 Å². The normalized spacial score (nSPS) is 17.6. The van der Waals surface area contributed by atoms with Gasteiger partial charge in [0.2, 0.25) is 18.6 Å². The van der Waals surface area contributed by atoms with Crippen molar-refractivity contribution >= 4 is 11.8 Å². The molecule has 1 aromatic rings. The smallest absolute Gasteiger partial charge is 0.234 e. The molecule has 1 unspecified atom stereocenters. The van der Waals surface area contributed by atoms with Crippen molar-refractivity contribution in [2.75, 3.05) is 39.5 Å². The minimum atomic E-state index is 0.0620. The van der Waals surface area contributed by atoms with E-state index in [0.717, 1.165) is 36.6 Å². The zero-order chi connectivity index (χ0) is 19.2. The molecular formula is C20H29N3O4. The predicted octanol–water partition coefficient (Wildman–Crippen LogP) is 1.41. The summed E-state index contributed by atoms with van der Waals surface area (Å²) in [7, 11) is 0. The third-order valence-electron chi connectivity index (χ3n) is 5.18. The summed E-state index contributed by atoms with van der Waals surface area (Å²) in [5.74, 6) is 1.74. The van der Waals surface area contributed by atoms with Crippen molar-refractivity contribution in [3.05, 3.63) is 23.8 Å². The van der Waals surface area contributed by atoms with E-state index in [-0.39, 0.29) is 24.6 Å². The topological polar surface area (TPSA) is 71.1 Å². The predicted molar refractivity (Wildman–Crippen MR) is 102 cm³/mol. The largest absolute Gasteiger partial charge is 0.454 e. The Morgan fingerprint density at radius 2 is 1.89 bits per heavy atom. The van der Waals surface area contributed by atoms with E-state index < -0.39 is 0 Å². The number of hydrogen-bond donors (Lipinski definition) is 1. The average molecular weight is 375 g/mol. The summed E-state index contributed by atoms with van der Waals surface area (Å²) >= 11 is 0. The maximum absolute atomic E-state index is 12.5. The quantitative estimate of drug-likeness (QED) is 0.780. The fourth-order valence-corrected chi connectivity index (χ4v) is 3.29. The molecule has 0 spiro atoms. The van der Waals surface area contributed by atoms with Crippen LogP contribution in [0.1, 0.15) is 32.3 Å². The highest BCUT2D eigenvalue weighted by Gasteiger charge is 2.22. The molecule has 0 aliphatic carbocycles. The molecule has 1 fully saturated rings. The van der Waals surface area contributed by atoms with Crippen LogP contribution in [0.4, 0.5) is 0 Å². The van der Waals surface area contributed by atoms with Crippen LogP contribution in [0.5, 0.6) is 11.5 Å². The lowest BCUT2D eigenvalue weighted by Crippen LogP contribution is -2.51. The Morgan fingerprint density at radius 3 is 2.63 bits per heavy atom. The minimum Gasteiger partial charge on any atom is -0.454 e. The minimum absolute atomic E-state index is 0.0620. The van der Waals surface area contributed by atoms with Crippen LogP contribution in [0.15, 0.2) is 18.2 Å². The van der Waals surface area contributed by atoms with Crippen LogP contribution >= 0.6 is 0 Å². The molecule has 0 aromatic heterocycles. The van der Waals surface area contributed by atoms with Gasteiger partial charge < -0.3 is 19.7 Å². The van der Waals surface area contributed by atoms with E-state index >= 15 is 0 Å². The number of rotatable bonds is 7. The van der Waals surface area contributed by atoms with Crippen LogP contribution < -0.4 is 14.8 Å². The number of amides is 2. The van der Waals surface area contributed by atoms with Crippen molar-refractivity contribution in [1.29, 1.82) is 0 Å². The number of fused-ring (bicyclic) bond motifs is 1. The molecule has 1 aromatic carbocycles. The van der Waals surface area contributed by atoms with E-state index in [1.165, 1.54) is 0 Å². The second kappa shape index (κ2) is 9.08. The first-order valence-electron chi connectivity index (χ1n) is 9.73. The zero-order valence-corrected chi connectivity index (χ0v) is 16.2. The fourth-order valence-electron chi connectivity index (χ4n) is 3.29. The van der Waals surface area contributed by atoms with Gasteiger partial charge in [0.15, 0.2) is 11.5 Å². The number of carbonyl (C=O) groups is 2. The monoisotopic (exact) mass is 375 g/mol. The van der Waals surface area contributed by atoms with Gasteiger partial charge in [0.25, 0.3) is 0 Å². The SMILES string of the molecule is CCC(C)NC(=O)CN1CCN(C(=O)CCc2ccc3c(c2)OCO3)CC1. The summed E-state index contributed by atoms with van der Waals surface area (Å²) in [6.45, 7) is 7.56. The van der Waals surface area contributed by atoms with Gasteiger partial charge >= 0.3 is 0 Å². The highest BCUT2D eigenvalue weighted by atomic mass is 16.7. The number of hydrogen-bond acceptors (Lipinski definition) is 5. The van der Waals surface area contributed by atoms with Gasteiger partial charge in [-0.3, -0.25) is 14.5 Å². The van der Waals surface area contributed by atoms with Gasteiger partial charge in [-0.05, 0) is 37.5 Å². The van der Waals surface area contributed by atoms with Gasteiger partial charge in [0.1, 0.15) is 0 Å². The van der Waals surface area contributed by atoms with E-state index in [1.54, 1.807) is 0 Å². The number of aryl methyl sites for hydroxylation is 1. The Morgan fingerprint density at radius 1 is 1.15 bits per heavy atom. The lowest BCUT2D eigenvalue weighted by atomic mass is 10.1. The molecule has 2 aliphatic rings. The number of benzene rings is 1. The Hall–Kier alpha value is -2.28. The molecule has 1 atom stereocenters. The Labute approximate surface area is 160 Å². The third-order valence-corrected chi connectivity index (χ3v) is 5.18. The Kier molecular flexibility index (Phi) is 6.55. The molecule has 27 heavy (non-hydrogen) atoms. The van der Waals surface area contributed by atoms with Crippen LogP contribution in [0, 0.1) is 0 Å². The second-order valence-electron chi connectivity index (χ2n) is 7.22. The van der Waals surface area contributed by atoms with Crippen LogP contribution in [0.3, 0.4) is 0 Å². The van der Waals surface area contributed by atoms with Crippen LogP contribution in [0.2, 0.25) is 0 Å². The van der Waals surface area contributed by atoms with Crippen molar-refractivity contribution in [2.24, 2.45) is 0 Å². The van der Waals surface area contributed by atoms with Gasteiger partial charge in [0.05, 0.1) is 6.54 Å². The van der Waals surface area contributed by atoms with E-state index in [9.17, 15) is 9.59 Å². The lowest BCUT2D eigenvalue weighted by molar-refractivity contribution is -0.133. The summed E-state index contributed by atoms with van der Waals surface area (Å²) in [5.41, 5.74) is 1.08. The summed E-state index contributed by atoms with van der Waals surface area (Å²) in [6, 6.07) is 6.03. The molecule has 0 radical (unpaired) electrons. The van der Waals surface area contributed by atoms with E-state index in [1.807, 2.05) is 30.0 Å². The van der Waals surface area contributed by atoms with Gasteiger partial charge in [-0.1, -0.05) is 13.0 Å². The maximum atomic E-state index is 12.5. The van der Waals surface area contributed by atoms with Gasteiger partial charge in [0, 0.05) is 38.6 Å². The van der Waals surface area contributed by atoms with Crippen molar-refractivity contribution in [1.82, 2.24) is 15.1 Å². The standard InChI is InChI=1S/C20H29N3O4/c1-3-15(2)21-19(24)13-22-8-10-23(11-9-22)20(25)7-5-16-4-6-17-18(12-16)27-14-26-17/h4,6,12,15H,3,5,7-11,13-14H2,1-2H3,(H,21,24). The lowest BCUT2D eigenvalue weighted by Gasteiger charge is -2.34. The zero-order valence-electron chi connectivity index (χ0n) is 16.2. The Bertz CT molecular complexity index is 671. The maximum Gasteiger partial charge on any atom is 0.234 e. The van der Waals surface area contributed by atoms with Gasteiger partial charge in [-0.2, -0.15) is 0 Å². The summed E-state index contributed by atoms with van der Waals surface area (Å²) < 4.78 is 10.7.